The summed E-state index contributed by atoms with van der Waals surface area (Å²) in [6.07, 6.45) is 3.66. The lowest BCUT2D eigenvalue weighted by atomic mass is 9.92. The highest BCUT2D eigenvalue weighted by Gasteiger charge is 2.31. The molecule has 0 spiro atoms. The zero-order valence-electron chi connectivity index (χ0n) is 10.6. The topological polar surface area (TPSA) is 78.9 Å². The predicted octanol–water partition coefficient (Wildman–Crippen LogP) is 0.812. The molecule has 2 N–H and O–H groups in total. The van der Waals surface area contributed by atoms with Gasteiger partial charge in [-0.1, -0.05) is 0 Å². The summed E-state index contributed by atoms with van der Waals surface area (Å²) in [5, 5.41) is 11.6. The van der Waals surface area contributed by atoms with Crippen molar-refractivity contribution >= 4 is 12.0 Å². The molecule has 18 heavy (non-hydrogen) atoms. The second kappa shape index (κ2) is 5.56. The Labute approximate surface area is 106 Å². The highest BCUT2D eigenvalue weighted by molar-refractivity contribution is 5.74. The molecule has 1 aliphatic heterocycles. The van der Waals surface area contributed by atoms with Gasteiger partial charge in [-0.3, -0.25) is 0 Å². The highest BCUT2D eigenvalue weighted by Crippen LogP contribution is 2.23. The Morgan fingerprint density at radius 2 is 2.06 bits per heavy atom. The molecule has 6 nitrogen and oxygen atoms in total. The molecule has 1 aliphatic carbocycles. The van der Waals surface area contributed by atoms with Crippen molar-refractivity contribution < 1.29 is 19.4 Å². The molecule has 2 unspecified atom stereocenters. The molecule has 0 aromatic heterocycles. The standard InChI is InChI=1S/C12H20N2O4/c1-14(8-3-2-4-8)12(17)13-7-9-5-6-10(18-9)11(15)16/h8-10H,2-7H2,1H3,(H,13,17)(H,15,16). The first-order valence-electron chi connectivity index (χ1n) is 6.47. The van der Waals surface area contributed by atoms with Crippen LogP contribution in [0.3, 0.4) is 0 Å². The molecule has 2 amide bonds. The van der Waals surface area contributed by atoms with Gasteiger partial charge in [0.1, 0.15) is 0 Å². The van der Waals surface area contributed by atoms with E-state index in [1.807, 2.05) is 0 Å². The van der Waals surface area contributed by atoms with Gasteiger partial charge in [0.2, 0.25) is 0 Å². The van der Waals surface area contributed by atoms with Gasteiger partial charge in [0.15, 0.2) is 6.10 Å². The van der Waals surface area contributed by atoms with E-state index in [0.29, 0.717) is 25.4 Å². The van der Waals surface area contributed by atoms with Gasteiger partial charge in [0.25, 0.3) is 0 Å². The lowest BCUT2D eigenvalue weighted by Gasteiger charge is -2.34. The number of carbonyl (C=O) groups is 2. The minimum atomic E-state index is -0.921. The molecule has 0 aromatic carbocycles. The summed E-state index contributed by atoms with van der Waals surface area (Å²) in [6, 6.07) is 0.267. The third-order valence-electron chi connectivity index (χ3n) is 3.81. The summed E-state index contributed by atoms with van der Waals surface area (Å²) in [5.74, 6) is -0.921. The Kier molecular flexibility index (Phi) is 4.06. The van der Waals surface area contributed by atoms with E-state index in [4.69, 9.17) is 9.84 Å². The predicted molar refractivity (Wildman–Crippen MR) is 64.3 cm³/mol. The summed E-state index contributed by atoms with van der Waals surface area (Å²) in [6.45, 7) is 0.389. The molecule has 1 saturated heterocycles. The molecule has 6 heteroatoms. The third kappa shape index (κ3) is 2.93. The first-order chi connectivity index (χ1) is 8.58. The number of amides is 2. The van der Waals surface area contributed by atoms with E-state index in [0.717, 1.165) is 12.8 Å². The maximum absolute atomic E-state index is 11.8. The number of aliphatic carboxylic acids is 1. The third-order valence-corrected chi connectivity index (χ3v) is 3.81. The molecule has 2 aliphatic rings. The SMILES string of the molecule is CN(C(=O)NCC1CCC(C(=O)O)O1)C1CCC1. The molecule has 0 radical (unpaired) electrons. The van der Waals surface area contributed by atoms with Crippen LogP contribution in [0.15, 0.2) is 0 Å². The Hall–Kier alpha value is -1.30. The minimum absolute atomic E-state index is 0.0953. The Bertz CT molecular complexity index is 330. The minimum Gasteiger partial charge on any atom is -0.479 e. The number of nitrogens with zero attached hydrogens (tertiary/aromatic N) is 1. The number of rotatable bonds is 4. The van der Waals surface area contributed by atoms with Gasteiger partial charge in [0, 0.05) is 19.6 Å². The van der Waals surface area contributed by atoms with E-state index in [1.54, 1.807) is 11.9 Å². The number of carboxylic acids is 1. The summed E-state index contributed by atoms with van der Waals surface area (Å²) < 4.78 is 5.32. The van der Waals surface area contributed by atoms with E-state index in [1.165, 1.54) is 6.42 Å². The first-order valence-corrected chi connectivity index (χ1v) is 6.47. The number of ether oxygens (including phenoxy) is 1. The van der Waals surface area contributed by atoms with Gasteiger partial charge in [0.05, 0.1) is 6.10 Å². The zero-order valence-corrected chi connectivity index (χ0v) is 10.6. The number of hydrogen-bond acceptors (Lipinski definition) is 3. The monoisotopic (exact) mass is 256 g/mol. The van der Waals surface area contributed by atoms with Gasteiger partial charge in [-0.05, 0) is 32.1 Å². The molecule has 0 bridgehead atoms. The molecule has 1 heterocycles. The van der Waals surface area contributed by atoms with Crippen LogP contribution in [-0.2, 0) is 9.53 Å². The van der Waals surface area contributed by atoms with Crippen LogP contribution in [0.1, 0.15) is 32.1 Å². The van der Waals surface area contributed by atoms with Gasteiger partial charge in [-0.15, -0.1) is 0 Å². The van der Waals surface area contributed by atoms with Gasteiger partial charge in [-0.2, -0.15) is 0 Å². The van der Waals surface area contributed by atoms with E-state index in [9.17, 15) is 9.59 Å². The molecule has 2 fully saturated rings. The van der Waals surface area contributed by atoms with Crippen LogP contribution in [0.5, 0.6) is 0 Å². The van der Waals surface area contributed by atoms with Crippen molar-refractivity contribution in [3.8, 4) is 0 Å². The smallest absolute Gasteiger partial charge is 0.332 e. The summed E-state index contributed by atoms with van der Waals surface area (Å²) >= 11 is 0. The normalized spacial score (nSPS) is 27.6. The number of hydrogen-bond donors (Lipinski definition) is 2. The summed E-state index contributed by atoms with van der Waals surface area (Å²) in [4.78, 5) is 24.2. The lowest BCUT2D eigenvalue weighted by molar-refractivity contribution is -0.149. The number of nitrogens with one attached hydrogen (secondary N) is 1. The van der Waals surface area contributed by atoms with Crippen LogP contribution in [0.4, 0.5) is 4.79 Å². The molecule has 2 rings (SSSR count). The quantitative estimate of drug-likeness (QED) is 0.780. The number of carbonyl (C=O) groups excluding carboxylic acids is 1. The lowest BCUT2D eigenvalue weighted by Crippen LogP contribution is -2.48. The first kappa shape index (κ1) is 13.1. The van der Waals surface area contributed by atoms with Gasteiger partial charge < -0.3 is 20.1 Å². The number of urea groups is 1. The van der Waals surface area contributed by atoms with Crippen LogP contribution in [-0.4, -0.2) is 53.8 Å². The van der Waals surface area contributed by atoms with Crippen molar-refractivity contribution in [1.82, 2.24) is 10.2 Å². The Balaban J connectivity index is 1.68. The molecular weight excluding hydrogens is 236 g/mol. The van der Waals surface area contributed by atoms with Crippen molar-refractivity contribution in [3.05, 3.63) is 0 Å². The Morgan fingerprint density at radius 3 is 2.56 bits per heavy atom. The van der Waals surface area contributed by atoms with Gasteiger partial charge in [-0.25, -0.2) is 9.59 Å². The fourth-order valence-corrected chi connectivity index (χ4v) is 2.30. The average molecular weight is 256 g/mol. The summed E-state index contributed by atoms with van der Waals surface area (Å²) in [7, 11) is 1.80. The fourth-order valence-electron chi connectivity index (χ4n) is 2.30. The van der Waals surface area contributed by atoms with Crippen molar-refractivity contribution in [2.75, 3.05) is 13.6 Å². The summed E-state index contributed by atoms with van der Waals surface area (Å²) in [5.41, 5.74) is 0. The highest BCUT2D eigenvalue weighted by atomic mass is 16.5. The second-order valence-corrected chi connectivity index (χ2v) is 5.04. The molecule has 2 atom stereocenters. The second-order valence-electron chi connectivity index (χ2n) is 5.04. The van der Waals surface area contributed by atoms with Crippen molar-refractivity contribution in [2.24, 2.45) is 0 Å². The van der Waals surface area contributed by atoms with Crippen LogP contribution < -0.4 is 5.32 Å². The van der Waals surface area contributed by atoms with E-state index >= 15 is 0 Å². The molecular formula is C12H20N2O4. The fraction of sp³-hybridized carbons (Fsp3) is 0.833. The molecule has 1 saturated carbocycles. The Morgan fingerprint density at radius 1 is 1.33 bits per heavy atom. The zero-order chi connectivity index (χ0) is 13.1. The number of carboxylic acid groups (broad SMARTS) is 1. The van der Waals surface area contributed by atoms with E-state index < -0.39 is 12.1 Å². The van der Waals surface area contributed by atoms with E-state index in [2.05, 4.69) is 5.32 Å². The molecule has 102 valence electrons. The van der Waals surface area contributed by atoms with Crippen molar-refractivity contribution in [2.45, 2.75) is 50.4 Å². The average Bonchev–Trinajstić information content (AvgIpc) is 2.72. The van der Waals surface area contributed by atoms with E-state index in [-0.39, 0.29) is 12.1 Å². The maximum atomic E-state index is 11.8. The van der Waals surface area contributed by atoms with Crippen LogP contribution in [0, 0.1) is 0 Å². The van der Waals surface area contributed by atoms with Crippen LogP contribution in [0.25, 0.3) is 0 Å². The maximum Gasteiger partial charge on any atom is 0.332 e. The van der Waals surface area contributed by atoms with Crippen molar-refractivity contribution in [1.29, 1.82) is 0 Å². The largest absolute Gasteiger partial charge is 0.479 e. The van der Waals surface area contributed by atoms with Gasteiger partial charge >= 0.3 is 12.0 Å². The van der Waals surface area contributed by atoms with Crippen LogP contribution >= 0.6 is 0 Å². The van der Waals surface area contributed by atoms with Crippen molar-refractivity contribution in [3.63, 3.8) is 0 Å². The van der Waals surface area contributed by atoms with Crippen LogP contribution in [0.2, 0.25) is 0 Å². The molecule has 0 aromatic rings.